The van der Waals surface area contributed by atoms with Crippen LogP contribution < -0.4 is 16.0 Å². The Labute approximate surface area is 142 Å². The second kappa shape index (κ2) is 8.02. The number of nitrogens with zero attached hydrogens (tertiary/aromatic N) is 1. The first-order valence-corrected chi connectivity index (χ1v) is 7.83. The van der Waals surface area contributed by atoms with Gasteiger partial charge >= 0.3 is 0 Å². The first kappa shape index (κ1) is 17.4. The molecule has 1 aromatic heterocycles. The molecule has 0 saturated carbocycles. The molecule has 8 heteroatoms. The quantitative estimate of drug-likeness (QED) is 0.696. The Balaban J connectivity index is 1.92. The summed E-state index contributed by atoms with van der Waals surface area (Å²) in [5, 5.41) is 8.14. The minimum atomic E-state index is -0.295. The number of carbonyl (C=O) groups is 3. The van der Waals surface area contributed by atoms with Gasteiger partial charge in [0.05, 0.1) is 12.6 Å². The van der Waals surface area contributed by atoms with Crippen LogP contribution >= 0.6 is 11.3 Å². The van der Waals surface area contributed by atoms with E-state index in [0.29, 0.717) is 15.7 Å². The Hall–Kier alpha value is -3.00. The molecule has 1 aromatic carbocycles. The third kappa shape index (κ3) is 4.75. The van der Waals surface area contributed by atoms with Gasteiger partial charge < -0.3 is 16.0 Å². The molecule has 0 aliphatic heterocycles. The highest BCUT2D eigenvalue weighted by molar-refractivity contribution is 7.17. The number of carbonyl (C=O) groups excluding carboxylic acids is 3. The van der Waals surface area contributed by atoms with Gasteiger partial charge in [-0.2, -0.15) is 0 Å². The van der Waals surface area contributed by atoms with Crippen molar-refractivity contribution in [1.82, 2.24) is 10.3 Å². The predicted molar refractivity (Wildman–Crippen MR) is 93.1 cm³/mol. The van der Waals surface area contributed by atoms with Gasteiger partial charge in [-0.05, 0) is 23.8 Å². The van der Waals surface area contributed by atoms with Crippen molar-refractivity contribution < 1.29 is 14.4 Å². The van der Waals surface area contributed by atoms with Gasteiger partial charge in [-0.15, -0.1) is 0 Å². The topological polar surface area (TPSA) is 100 Å². The standard InChI is InChI=1S/C16H16N4O3S/c1-3-13(21)19-11-6-4-10(5-7-11)8-14(22)20-16-18-9-12(24-16)15(23)17-2/h3-7,9H,1,8H2,2H3,(H,17,23)(H,19,21)(H,18,20,22). The molecule has 2 rings (SSSR count). The Bertz CT molecular complexity index is 768. The number of hydrogen-bond donors (Lipinski definition) is 3. The van der Waals surface area contributed by atoms with E-state index in [-0.39, 0.29) is 24.1 Å². The molecular formula is C16H16N4O3S. The highest BCUT2D eigenvalue weighted by Gasteiger charge is 2.11. The minimum Gasteiger partial charge on any atom is -0.354 e. The summed E-state index contributed by atoms with van der Waals surface area (Å²) in [5.41, 5.74) is 1.41. The summed E-state index contributed by atoms with van der Waals surface area (Å²) in [6, 6.07) is 6.90. The molecule has 2 aromatic rings. The van der Waals surface area contributed by atoms with E-state index in [0.717, 1.165) is 16.9 Å². The van der Waals surface area contributed by atoms with E-state index in [9.17, 15) is 14.4 Å². The van der Waals surface area contributed by atoms with Crippen molar-refractivity contribution in [2.75, 3.05) is 17.7 Å². The highest BCUT2D eigenvalue weighted by Crippen LogP contribution is 2.18. The van der Waals surface area contributed by atoms with Crippen molar-refractivity contribution in [3.05, 3.63) is 53.6 Å². The van der Waals surface area contributed by atoms with Crippen LogP contribution in [0.15, 0.2) is 43.1 Å². The molecular weight excluding hydrogens is 328 g/mol. The van der Waals surface area contributed by atoms with Gasteiger partial charge in [-0.1, -0.05) is 30.0 Å². The molecule has 24 heavy (non-hydrogen) atoms. The number of hydrogen-bond acceptors (Lipinski definition) is 5. The van der Waals surface area contributed by atoms with Gasteiger partial charge in [0.25, 0.3) is 5.91 Å². The molecule has 0 bridgehead atoms. The fourth-order valence-electron chi connectivity index (χ4n) is 1.81. The Morgan fingerprint density at radius 1 is 1.21 bits per heavy atom. The fourth-order valence-corrected chi connectivity index (χ4v) is 2.59. The maximum absolute atomic E-state index is 12.0. The summed E-state index contributed by atoms with van der Waals surface area (Å²) in [4.78, 5) is 39.1. The lowest BCUT2D eigenvalue weighted by Gasteiger charge is -2.05. The van der Waals surface area contributed by atoms with E-state index in [4.69, 9.17) is 0 Å². The van der Waals surface area contributed by atoms with Crippen LogP contribution in [0.2, 0.25) is 0 Å². The first-order valence-electron chi connectivity index (χ1n) is 7.02. The van der Waals surface area contributed by atoms with E-state index in [1.54, 1.807) is 24.3 Å². The van der Waals surface area contributed by atoms with E-state index < -0.39 is 0 Å². The zero-order valence-corrected chi connectivity index (χ0v) is 13.8. The maximum atomic E-state index is 12.0. The van der Waals surface area contributed by atoms with E-state index in [1.807, 2.05) is 0 Å². The largest absolute Gasteiger partial charge is 0.354 e. The number of benzene rings is 1. The van der Waals surface area contributed by atoms with Crippen molar-refractivity contribution in [3.8, 4) is 0 Å². The lowest BCUT2D eigenvalue weighted by atomic mass is 10.1. The van der Waals surface area contributed by atoms with Crippen LogP contribution in [0.5, 0.6) is 0 Å². The Morgan fingerprint density at radius 2 is 1.92 bits per heavy atom. The Morgan fingerprint density at radius 3 is 2.54 bits per heavy atom. The number of aromatic nitrogens is 1. The van der Waals surface area contributed by atoms with E-state index in [2.05, 4.69) is 27.5 Å². The van der Waals surface area contributed by atoms with Crippen molar-refractivity contribution in [2.24, 2.45) is 0 Å². The molecule has 0 atom stereocenters. The molecule has 1 heterocycles. The van der Waals surface area contributed by atoms with E-state index >= 15 is 0 Å². The molecule has 0 fully saturated rings. The normalized spacial score (nSPS) is 9.88. The molecule has 0 unspecified atom stereocenters. The predicted octanol–water partition coefficient (Wildman–Crippen LogP) is 1.81. The molecule has 3 amide bonds. The monoisotopic (exact) mass is 344 g/mol. The lowest BCUT2D eigenvalue weighted by Crippen LogP contribution is -2.16. The lowest BCUT2D eigenvalue weighted by molar-refractivity contribution is -0.115. The van der Waals surface area contributed by atoms with Crippen molar-refractivity contribution in [1.29, 1.82) is 0 Å². The molecule has 0 saturated heterocycles. The highest BCUT2D eigenvalue weighted by atomic mass is 32.1. The first-order chi connectivity index (χ1) is 11.5. The van der Waals surface area contributed by atoms with Gasteiger partial charge in [-0.3, -0.25) is 14.4 Å². The second-order valence-electron chi connectivity index (χ2n) is 4.72. The average molecular weight is 344 g/mol. The number of amides is 3. The average Bonchev–Trinajstić information content (AvgIpc) is 3.04. The van der Waals surface area contributed by atoms with Crippen molar-refractivity contribution >= 4 is 39.9 Å². The molecule has 3 N–H and O–H groups in total. The summed E-state index contributed by atoms with van der Waals surface area (Å²) in [6.45, 7) is 3.38. The van der Waals surface area contributed by atoms with Crippen molar-refractivity contribution in [3.63, 3.8) is 0 Å². The van der Waals surface area contributed by atoms with Gasteiger partial charge in [0.2, 0.25) is 11.8 Å². The minimum absolute atomic E-state index is 0.157. The second-order valence-corrected chi connectivity index (χ2v) is 5.75. The third-order valence-corrected chi connectivity index (χ3v) is 3.89. The van der Waals surface area contributed by atoms with Crippen LogP contribution in [0.4, 0.5) is 10.8 Å². The summed E-state index contributed by atoms with van der Waals surface area (Å²) in [5.74, 6) is -0.781. The molecule has 124 valence electrons. The van der Waals surface area contributed by atoms with Crippen LogP contribution in [-0.4, -0.2) is 29.8 Å². The summed E-state index contributed by atoms with van der Waals surface area (Å²) >= 11 is 1.10. The summed E-state index contributed by atoms with van der Waals surface area (Å²) < 4.78 is 0. The molecule has 0 radical (unpaired) electrons. The van der Waals surface area contributed by atoms with Crippen LogP contribution in [0.25, 0.3) is 0 Å². The Kier molecular flexibility index (Phi) is 5.80. The van der Waals surface area contributed by atoms with Crippen LogP contribution in [-0.2, 0) is 16.0 Å². The zero-order valence-electron chi connectivity index (χ0n) is 13.0. The van der Waals surface area contributed by atoms with E-state index in [1.165, 1.54) is 19.3 Å². The van der Waals surface area contributed by atoms with Crippen molar-refractivity contribution in [2.45, 2.75) is 6.42 Å². The zero-order chi connectivity index (χ0) is 17.5. The smallest absolute Gasteiger partial charge is 0.262 e. The summed E-state index contributed by atoms with van der Waals surface area (Å²) in [6.07, 6.45) is 2.75. The molecule has 7 nitrogen and oxygen atoms in total. The number of nitrogens with one attached hydrogen (secondary N) is 3. The van der Waals surface area contributed by atoms with Gasteiger partial charge in [0.1, 0.15) is 4.88 Å². The number of thiazole rings is 1. The molecule has 0 aliphatic carbocycles. The van der Waals surface area contributed by atoms with Gasteiger partial charge in [0, 0.05) is 12.7 Å². The third-order valence-electron chi connectivity index (χ3n) is 2.97. The fraction of sp³-hybridized carbons (Fsp3) is 0.125. The number of rotatable bonds is 6. The van der Waals surface area contributed by atoms with Gasteiger partial charge in [0.15, 0.2) is 5.13 Å². The molecule has 0 aliphatic rings. The van der Waals surface area contributed by atoms with Crippen LogP contribution in [0.1, 0.15) is 15.2 Å². The van der Waals surface area contributed by atoms with Crippen LogP contribution in [0.3, 0.4) is 0 Å². The SMILES string of the molecule is C=CC(=O)Nc1ccc(CC(=O)Nc2ncc(C(=O)NC)s2)cc1. The van der Waals surface area contributed by atoms with Gasteiger partial charge in [-0.25, -0.2) is 4.98 Å². The maximum Gasteiger partial charge on any atom is 0.262 e. The summed E-state index contributed by atoms with van der Waals surface area (Å²) in [7, 11) is 1.53. The van der Waals surface area contributed by atoms with Crippen LogP contribution in [0, 0.1) is 0 Å². The molecule has 0 spiro atoms. The number of anilines is 2.